The number of rotatable bonds is 5. The third-order valence-electron chi connectivity index (χ3n) is 5.83. The van der Waals surface area contributed by atoms with Gasteiger partial charge < -0.3 is 4.90 Å². The number of anilines is 1. The van der Waals surface area contributed by atoms with E-state index >= 15 is 0 Å². The lowest BCUT2D eigenvalue weighted by molar-refractivity contribution is -0.123. The zero-order chi connectivity index (χ0) is 19.4. The van der Waals surface area contributed by atoms with Crippen molar-refractivity contribution in [2.75, 3.05) is 4.90 Å². The third-order valence-corrected chi connectivity index (χ3v) is 5.83. The molecule has 2 aromatic rings. The van der Waals surface area contributed by atoms with Crippen LogP contribution < -0.4 is 4.90 Å². The summed E-state index contributed by atoms with van der Waals surface area (Å²) in [6, 6.07) is 17.0. The van der Waals surface area contributed by atoms with E-state index < -0.39 is 0 Å². The van der Waals surface area contributed by atoms with Crippen LogP contribution in [0.15, 0.2) is 48.5 Å². The third kappa shape index (κ3) is 4.43. The van der Waals surface area contributed by atoms with Gasteiger partial charge in [-0.05, 0) is 74.6 Å². The first-order chi connectivity index (χ1) is 13.0. The van der Waals surface area contributed by atoms with Crippen molar-refractivity contribution in [1.82, 2.24) is 0 Å². The standard InChI is InChI=1S/C25H32NO/c1-5-20-15-16-23(21-9-7-6-8-10-21)17-24(20)26(18(2)3)25(27)22-13-11-19(4)12-14-22/h5-10,15-19,22H,11-14H2,1-4H3/t19-,22-. The molecule has 0 spiro atoms. The number of nitrogens with zero attached hydrogens (tertiary/aromatic N) is 1. The van der Waals surface area contributed by atoms with E-state index in [1.807, 2.05) is 17.9 Å². The van der Waals surface area contributed by atoms with E-state index in [2.05, 4.69) is 69.7 Å². The van der Waals surface area contributed by atoms with Crippen LogP contribution in [0, 0.1) is 18.3 Å². The van der Waals surface area contributed by atoms with Gasteiger partial charge in [-0.1, -0.05) is 56.3 Å². The predicted molar refractivity (Wildman–Crippen MR) is 115 cm³/mol. The van der Waals surface area contributed by atoms with Gasteiger partial charge in [0.1, 0.15) is 0 Å². The van der Waals surface area contributed by atoms with Gasteiger partial charge in [-0.15, -0.1) is 0 Å². The van der Waals surface area contributed by atoms with Gasteiger partial charge in [0.2, 0.25) is 5.91 Å². The van der Waals surface area contributed by atoms with Crippen molar-refractivity contribution < 1.29 is 4.79 Å². The molecule has 0 saturated heterocycles. The molecule has 2 heteroatoms. The van der Waals surface area contributed by atoms with Crippen molar-refractivity contribution in [3.8, 4) is 11.1 Å². The molecule has 0 aromatic heterocycles. The maximum atomic E-state index is 13.5. The molecule has 0 bridgehead atoms. The van der Waals surface area contributed by atoms with Crippen molar-refractivity contribution in [2.45, 2.75) is 59.4 Å². The van der Waals surface area contributed by atoms with E-state index in [4.69, 9.17) is 0 Å². The van der Waals surface area contributed by atoms with Crippen molar-refractivity contribution in [2.24, 2.45) is 11.8 Å². The SMILES string of the molecule is C[CH]c1ccc(-c2ccccc2)cc1N(C(=O)[C@H]1CC[C@H](C)CC1)C(C)C. The Morgan fingerprint density at radius 3 is 2.26 bits per heavy atom. The maximum Gasteiger partial charge on any atom is 0.230 e. The topological polar surface area (TPSA) is 20.3 Å². The summed E-state index contributed by atoms with van der Waals surface area (Å²) in [5.41, 5.74) is 4.51. The monoisotopic (exact) mass is 362 g/mol. The highest BCUT2D eigenvalue weighted by atomic mass is 16.2. The van der Waals surface area contributed by atoms with Gasteiger partial charge in [0.25, 0.3) is 0 Å². The highest BCUT2D eigenvalue weighted by Gasteiger charge is 2.31. The summed E-state index contributed by atoms with van der Waals surface area (Å²) in [7, 11) is 0. The zero-order valence-corrected chi connectivity index (χ0v) is 17.1. The fourth-order valence-electron chi connectivity index (χ4n) is 4.16. The van der Waals surface area contributed by atoms with Crippen molar-refractivity contribution in [3.63, 3.8) is 0 Å². The van der Waals surface area contributed by atoms with Crippen LogP contribution >= 0.6 is 0 Å². The molecule has 1 amide bonds. The van der Waals surface area contributed by atoms with Crippen LogP contribution in [0.1, 0.15) is 58.9 Å². The molecule has 3 rings (SSSR count). The van der Waals surface area contributed by atoms with Crippen molar-refractivity contribution >= 4 is 11.6 Å². The minimum absolute atomic E-state index is 0.140. The lowest BCUT2D eigenvalue weighted by Gasteiger charge is -2.35. The number of hydrogen-bond acceptors (Lipinski definition) is 1. The Kier molecular flexibility index (Phi) is 6.36. The summed E-state index contributed by atoms with van der Waals surface area (Å²) < 4.78 is 0. The molecule has 27 heavy (non-hydrogen) atoms. The molecular formula is C25H32NO. The summed E-state index contributed by atoms with van der Waals surface area (Å²) in [6.45, 7) is 8.59. The predicted octanol–water partition coefficient (Wildman–Crippen LogP) is 6.49. The number of carbonyl (C=O) groups excluding carboxylic acids is 1. The Morgan fingerprint density at radius 2 is 1.67 bits per heavy atom. The summed E-state index contributed by atoms with van der Waals surface area (Å²) >= 11 is 0. The normalized spacial score (nSPS) is 19.9. The van der Waals surface area contributed by atoms with Crippen LogP contribution in [-0.2, 0) is 4.79 Å². The van der Waals surface area contributed by atoms with Crippen LogP contribution in [0.25, 0.3) is 11.1 Å². The fourth-order valence-corrected chi connectivity index (χ4v) is 4.16. The molecule has 0 atom stereocenters. The quantitative estimate of drug-likeness (QED) is 0.595. The molecule has 143 valence electrons. The van der Waals surface area contributed by atoms with Crippen LogP contribution in [0.3, 0.4) is 0 Å². The Hall–Kier alpha value is -2.09. The second-order valence-corrected chi connectivity index (χ2v) is 8.19. The lowest BCUT2D eigenvalue weighted by atomic mass is 9.82. The van der Waals surface area contributed by atoms with Gasteiger partial charge in [-0.2, -0.15) is 0 Å². The first kappa shape index (κ1) is 19.7. The van der Waals surface area contributed by atoms with Gasteiger partial charge in [0, 0.05) is 17.6 Å². The van der Waals surface area contributed by atoms with Gasteiger partial charge in [0.15, 0.2) is 0 Å². The fraction of sp³-hybridized carbons (Fsp3) is 0.440. The summed E-state index contributed by atoms with van der Waals surface area (Å²) in [4.78, 5) is 15.5. The first-order valence-electron chi connectivity index (χ1n) is 10.3. The number of amides is 1. The molecule has 0 aliphatic heterocycles. The molecule has 0 heterocycles. The van der Waals surface area contributed by atoms with Crippen LogP contribution in [0.4, 0.5) is 5.69 Å². The maximum absolute atomic E-state index is 13.5. The summed E-state index contributed by atoms with van der Waals surface area (Å²) in [6.07, 6.45) is 6.48. The molecule has 1 radical (unpaired) electrons. The lowest BCUT2D eigenvalue weighted by Crippen LogP contribution is -2.42. The molecule has 0 unspecified atom stereocenters. The molecule has 1 aliphatic rings. The van der Waals surface area contributed by atoms with E-state index in [1.165, 1.54) is 18.4 Å². The van der Waals surface area contributed by atoms with Gasteiger partial charge in [-0.3, -0.25) is 4.79 Å². The number of carbonyl (C=O) groups is 1. The van der Waals surface area contributed by atoms with E-state index in [0.717, 1.165) is 35.6 Å². The molecule has 2 aromatic carbocycles. The smallest absolute Gasteiger partial charge is 0.230 e. The van der Waals surface area contributed by atoms with Gasteiger partial charge in [0.05, 0.1) is 0 Å². The second-order valence-electron chi connectivity index (χ2n) is 8.19. The Morgan fingerprint density at radius 1 is 1.00 bits per heavy atom. The minimum Gasteiger partial charge on any atom is -0.309 e. The summed E-state index contributed by atoms with van der Waals surface area (Å²) in [5.74, 6) is 1.21. The van der Waals surface area contributed by atoms with Gasteiger partial charge in [-0.25, -0.2) is 0 Å². The van der Waals surface area contributed by atoms with Crippen molar-refractivity contribution in [3.05, 3.63) is 60.5 Å². The van der Waals surface area contributed by atoms with Crippen molar-refractivity contribution in [1.29, 1.82) is 0 Å². The highest BCUT2D eigenvalue weighted by Crippen LogP contribution is 2.35. The molecule has 1 fully saturated rings. The number of benzene rings is 2. The van der Waals surface area contributed by atoms with E-state index in [0.29, 0.717) is 5.91 Å². The second kappa shape index (κ2) is 8.73. The minimum atomic E-state index is 0.140. The molecule has 2 nitrogen and oxygen atoms in total. The molecule has 1 saturated carbocycles. The van der Waals surface area contributed by atoms with E-state index in [1.54, 1.807) is 0 Å². The Balaban J connectivity index is 1.97. The Bertz CT molecular complexity index is 757. The molecule has 0 N–H and O–H groups in total. The average Bonchev–Trinajstić information content (AvgIpc) is 2.69. The Labute approximate surface area is 164 Å². The molecular weight excluding hydrogens is 330 g/mol. The zero-order valence-electron chi connectivity index (χ0n) is 17.1. The molecule has 1 aliphatic carbocycles. The summed E-state index contributed by atoms with van der Waals surface area (Å²) in [5, 5.41) is 0. The largest absolute Gasteiger partial charge is 0.309 e. The highest BCUT2D eigenvalue weighted by molar-refractivity contribution is 5.97. The van der Waals surface area contributed by atoms with Crippen LogP contribution in [-0.4, -0.2) is 11.9 Å². The number of hydrogen-bond donors (Lipinski definition) is 0. The van der Waals surface area contributed by atoms with Gasteiger partial charge >= 0.3 is 0 Å². The van der Waals surface area contributed by atoms with E-state index in [-0.39, 0.29) is 12.0 Å². The van der Waals surface area contributed by atoms with Crippen LogP contribution in [0.2, 0.25) is 0 Å². The van der Waals surface area contributed by atoms with Crippen LogP contribution in [0.5, 0.6) is 0 Å². The first-order valence-corrected chi connectivity index (χ1v) is 10.3. The average molecular weight is 363 g/mol. The van der Waals surface area contributed by atoms with E-state index in [9.17, 15) is 4.79 Å².